The van der Waals surface area contributed by atoms with Crippen molar-refractivity contribution < 1.29 is 14.4 Å². The van der Waals surface area contributed by atoms with Crippen molar-refractivity contribution in [1.29, 1.82) is 5.26 Å². The first-order valence-electron chi connectivity index (χ1n) is 10.0. The number of hydrogen-bond donors (Lipinski definition) is 1. The van der Waals surface area contributed by atoms with Crippen LogP contribution in [0.25, 0.3) is 0 Å². The lowest BCUT2D eigenvalue weighted by Crippen LogP contribution is -2.37. The number of nitrogens with zero attached hydrogens (tertiary/aromatic N) is 2. The van der Waals surface area contributed by atoms with Crippen LogP contribution in [0.5, 0.6) is 0 Å². The van der Waals surface area contributed by atoms with Gasteiger partial charge in [-0.3, -0.25) is 19.3 Å². The molecule has 0 bridgehead atoms. The number of carbonyl (C=O) groups excluding carboxylic acids is 3. The Morgan fingerprint density at radius 1 is 1.03 bits per heavy atom. The first-order chi connectivity index (χ1) is 15.8. The average molecular weight is 478 g/mol. The van der Waals surface area contributed by atoms with Gasteiger partial charge in [0.15, 0.2) is 0 Å². The van der Waals surface area contributed by atoms with E-state index in [2.05, 4.69) is 11.4 Å². The third-order valence-electron chi connectivity index (χ3n) is 5.44. The van der Waals surface area contributed by atoms with Gasteiger partial charge in [-0.05, 0) is 53.9 Å². The van der Waals surface area contributed by atoms with Gasteiger partial charge in [0, 0.05) is 15.7 Å². The summed E-state index contributed by atoms with van der Waals surface area (Å²) in [6, 6.07) is 18.9. The van der Waals surface area contributed by atoms with E-state index in [-0.39, 0.29) is 11.1 Å². The minimum absolute atomic E-state index is 0.281. The number of fused-ring (bicyclic) bond motifs is 1. The Labute approximate surface area is 200 Å². The van der Waals surface area contributed by atoms with Crippen molar-refractivity contribution in [2.75, 3.05) is 11.9 Å². The van der Waals surface area contributed by atoms with E-state index in [1.54, 1.807) is 67.6 Å². The zero-order valence-electron chi connectivity index (χ0n) is 17.4. The molecule has 4 rings (SSSR count). The summed E-state index contributed by atoms with van der Waals surface area (Å²) in [6.45, 7) is 1.35. The van der Waals surface area contributed by atoms with Gasteiger partial charge in [0.2, 0.25) is 5.91 Å². The Bertz CT molecular complexity index is 1290. The molecule has 0 fully saturated rings. The summed E-state index contributed by atoms with van der Waals surface area (Å²) in [6.07, 6.45) is 0. The predicted octanol–water partition coefficient (Wildman–Crippen LogP) is 5.19. The van der Waals surface area contributed by atoms with E-state index in [0.29, 0.717) is 26.9 Å². The zero-order chi connectivity index (χ0) is 23.7. The van der Waals surface area contributed by atoms with Crippen molar-refractivity contribution in [1.82, 2.24) is 4.90 Å². The van der Waals surface area contributed by atoms with Crippen LogP contribution < -0.4 is 5.32 Å². The normalized spacial score (nSPS) is 13.5. The number of imide groups is 1. The number of hydrogen-bond acceptors (Lipinski definition) is 4. The Morgan fingerprint density at radius 3 is 2.21 bits per heavy atom. The van der Waals surface area contributed by atoms with Gasteiger partial charge >= 0.3 is 0 Å². The molecule has 1 heterocycles. The highest BCUT2D eigenvalue weighted by molar-refractivity contribution is 6.32. The smallest absolute Gasteiger partial charge is 0.262 e. The van der Waals surface area contributed by atoms with Crippen molar-refractivity contribution in [3.8, 4) is 6.07 Å². The standard InChI is InChI=1S/C25H17Cl2N3O3/c1-14-10-19(20(12-28)15-6-8-16(26)9-7-15)21(27)11-22(14)29-23(31)13-30-24(32)17-4-2-3-5-18(17)25(30)33/h2-11,20H,13H2,1H3,(H,29,31)/t20-/m0/s1. The van der Waals surface area contributed by atoms with E-state index in [4.69, 9.17) is 23.2 Å². The second-order valence-corrected chi connectivity index (χ2v) is 8.44. The van der Waals surface area contributed by atoms with Gasteiger partial charge < -0.3 is 5.32 Å². The average Bonchev–Trinajstić information content (AvgIpc) is 3.03. The molecule has 0 saturated carbocycles. The highest BCUT2D eigenvalue weighted by atomic mass is 35.5. The maximum absolute atomic E-state index is 12.6. The summed E-state index contributed by atoms with van der Waals surface area (Å²) in [5.41, 5.74) is 3.01. The van der Waals surface area contributed by atoms with Gasteiger partial charge in [-0.1, -0.05) is 53.5 Å². The van der Waals surface area contributed by atoms with Crippen LogP contribution in [0.3, 0.4) is 0 Å². The molecule has 1 aliphatic heterocycles. The Balaban J connectivity index is 1.53. The van der Waals surface area contributed by atoms with Crippen LogP contribution in [0, 0.1) is 18.3 Å². The van der Waals surface area contributed by atoms with Crippen LogP contribution in [0.4, 0.5) is 5.69 Å². The number of amides is 3. The van der Waals surface area contributed by atoms with Gasteiger partial charge in [0.1, 0.15) is 6.54 Å². The van der Waals surface area contributed by atoms with Crippen LogP contribution in [0.1, 0.15) is 43.3 Å². The maximum Gasteiger partial charge on any atom is 0.262 e. The molecule has 164 valence electrons. The number of carbonyl (C=O) groups is 3. The summed E-state index contributed by atoms with van der Waals surface area (Å²) in [7, 11) is 0. The lowest BCUT2D eigenvalue weighted by molar-refractivity contribution is -0.116. The van der Waals surface area contributed by atoms with Crippen LogP contribution in [-0.4, -0.2) is 29.2 Å². The first kappa shape index (κ1) is 22.5. The maximum atomic E-state index is 12.6. The molecule has 3 aromatic rings. The highest BCUT2D eigenvalue weighted by Crippen LogP contribution is 2.34. The number of rotatable bonds is 5. The van der Waals surface area contributed by atoms with Crippen molar-refractivity contribution in [2.45, 2.75) is 12.8 Å². The number of benzene rings is 3. The molecule has 0 aliphatic carbocycles. The van der Waals surface area contributed by atoms with E-state index in [1.807, 2.05) is 0 Å². The fourth-order valence-corrected chi connectivity index (χ4v) is 4.15. The molecule has 8 heteroatoms. The number of aryl methyl sites for hydroxylation is 1. The van der Waals surface area contributed by atoms with Gasteiger partial charge in [0.05, 0.1) is 23.1 Å². The minimum atomic E-state index is -0.614. The minimum Gasteiger partial charge on any atom is -0.324 e. The largest absolute Gasteiger partial charge is 0.324 e. The molecule has 3 amide bonds. The first-order valence-corrected chi connectivity index (χ1v) is 10.8. The third-order valence-corrected chi connectivity index (χ3v) is 6.02. The fourth-order valence-electron chi connectivity index (χ4n) is 3.75. The summed E-state index contributed by atoms with van der Waals surface area (Å²) >= 11 is 12.4. The van der Waals surface area contributed by atoms with Gasteiger partial charge in [-0.15, -0.1) is 0 Å². The molecule has 0 spiro atoms. The number of anilines is 1. The second kappa shape index (κ2) is 9.07. The lowest BCUT2D eigenvalue weighted by Gasteiger charge is -2.17. The zero-order valence-corrected chi connectivity index (χ0v) is 18.9. The Kier molecular flexibility index (Phi) is 6.19. The molecule has 0 saturated heterocycles. The summed E-state index contributed by atoms with van der Waals surface area (Å²) in [5.74, 6) is -2.16. The number of nitrogens with one attached hydrogen (secondary N) is 1. The highest BCUT2D eigenvalue weighted by Gasteiger charge is 2.36. The van der Waals surface area contributed by atoms with E-state index < -0.39 is 30.2 Å². The topological polar surface area (TPSA) is 90.3 Å². The predicted molar refractivity (Wildman–Crippen MR) is 126 cm³/mol. The molecule has 33 heavy (non-hydrogen) atoms. The summed E-state index contributed by atoms with van der Waals surface area (Å²) in [4.78, 5) is 38.5. The van der Waals surface area contributed by atoms with Crippen LogP contribution in [-0.2, 0) is 4.79 Å². The van der Waals surface area contributed by atoms with Crippen LogP contribution >= 0.6 is 23.2 Å². The molecule has 1 aliphatic rings. The van der Waals surface area contributed by atoms with Gasteiger partial charge in [-0.2, -0.15) is 5.26 Å². The SMILES string of the molecule is Cc1cc([C@@H](C#N)c2ccc(Cl)cc2)c(Cl)cc1NC(=O)CN1C(=O)c2ccccc2C1=O. The molecule has 0 unspecified atom stereocenters. The number of nitriles is 1. The molecule has 0 radical (unpaired) electrons. The fraction of sp³-hybridized carbons (Fsp3) is 0.120. The quantitative estimate of drug-likeness (QED) is 0.511. The molecular weight excluding hydrogens is 461 g/mol. The molecule has 1 N–H and O–H groups in total. The van der Waals surface area contributed by atoms with E-state index >= 15 is 0 Å². The number of halogens is 2. The molecule has 0 aromatic heterocycles. The molecular formula is C25H17Cl2N3O3. The molecule has 3 aromatic carbocycles. The van der Waals surface area contributed by atoms with E-state index in [1.165, 1.54) is 0 Å². The summed E-state index contributed by atoms with van der Waals surface area (Å²) < 4.78 is 0. The van der Waals surface area contributed by atoms with Crippen molar-refractivity contribution >= 4 is 46.6 Å². The molecule has 6 nitrogen and oxygen atoms in total. The van der Waals surface area contributed by atoms with Crippen LogP contribution in [0.2, 0.25) is 10.0 Å². The third kappa shape index (κ3) is 4.34. The lowest BCUT2D eigenvalue weighted by atomic mass is 9.91. The Morgan fingerprint density at radius 2 is 1.64 bits per heavy atom. The molecule has 1 atom stereocenters. The van der Waals surface area contributed by atoms with Gasteiger partial charge in [0.25, 0.3) is 11.8 Å². The monoisotopic (exact) mass is 477 g/mol. The summed E-state index contributed by atoms with van der Waals surface area (Å²) in [5, 5.41) is 13.3. The van der Waals surface area contributed by atoms with Crippen molar-refractivity contribution in [2.24, 2.45) is 0 Å². The van der Waals surface area contributed by atoms with Gasteiger partial charge in [-0.25, -0.2) is 0 Å². The van der Waals surface area contributed by atoms with E-state index in [9.17, 15) is 19.6 Å². The second-order valence-electron chi connectivity index (χ2n) is 7.59. The van der Waals surface area contributed by atoms with Crippen molar-refractivity contribution in [3.63, 3.8) is 0 Å². The van der Waals surface area contributed by atoms with E-state index in [0.717, 1.165) is 10.5 Å². The van der Waals surface area contributed by atoms with Crippen LogP contribution in [0.15, 0.2) is 60.7 Å². The Hall–Kier alpha value is -3.66. The van der Waals surface area contributed by atoms with Crippen molar-refractivity contribution in [3.05, 3.63) is 98.5 Å².